The summed E-state index contributed by atoms with van der Waals surface area (Å²) in [7, 11) is 1.51. The summed E-state index contributed by atoms with van der Waals surface area (Å²) in [5, 5.41) is 23.8. The van der Waals surface area contributed by atoms with Crippen molar-refractivity contribution in [1.82, 2.24) is 5.32 Å². The summed E-state index contributed by atoms with van der Waals surface area (Å²) in [6.45, 7) is 2.51. The van der Waals surface area contributed by atoms with Crippen molar-refractivity contribution in [1.29, 1.82) is 0 Å². The van der Waals surface area contributed by atoms with Crippen molar-refractivity contribution in [2.24, 2.45) is 0 Å². The van der Waals surface area contributed by atoms with E-state index in [-0.39, 0.29) is 18.2 Å². The van der Waals surface area contributed by atoms with Crippen LogP contribution in [0.1, 0.15) is 17.9 Å². The number of ether oxygens (including phenoxy) is 1. The average Bonchev–Trinajstić information content (AvgIpc) is 2.92. The maximum Gasteiger partial charge on any atom is 0.304 e. The second-order valence-electron chi connectivity index (χ2n) is 4.67. The number of anilines is 1. The summed E-state index contributed by atoms with van der Waals surface area (Å²) in [4.78, 5) is 24.8. The summed E-state index contributed by atoms with van der Waals surface area (Å²) < 4.78 is 5.29. The van der Waals surface area contributed by atoms with Gasteiger partial charge in [0.1, 0.15) is 6.04 Å². The molecule has 2 atom stereocenters. The zero-order valence-electron chi connectivity index (χ0n) is 11.7. The number of nitro groups is 1. The number of rotatable bonds is 4. The van der Waals surface area contributed by atoms with Gasteiger partial charge in [-0.25, -0.2) is 0 Å². The van der Waals surface area contributed by atoms with Crippen molar-refractivity contribution < 1.29 is 19.6 Å². The van der Waals surface area contributed by atoms with Gasteiger partial charge in [-0.3, -0.25) is 14.9 Å². The predicted octanol–water partition coefficient (Wildman–Crippen LogP) is 0.661. The van der Waals surface area contributed by atoms with Crippen molar-refractivity contribution in [2.75, 3.05) is 31.7 Å². The van der Waals surface area contributed by atoms with E-state index in [0.717, 1.165) is 11.3 Å². The summed E-state index contributed by atoms with van der Waals surface area (Å²) in [5.74, 6) is -0.254. The van der Waals surface area contributed by atoms with Gasteiger partial charge in [0.15, 0.2) is 5.00 Å². The zero-order chi connectivity index (χ0) is 15.6. The Bertz CT molecular complexity index is 545. The zero-order valence-corrected chi connectivity index (χ0v) is 12.6. The molecule has 0 bridgehead atoms. The Balaban J connectivity index is 2.42. The standard InChI is InChI=1S/C12H17N3O5S/c1-7(16)10-5-8(15(18)19)12(21-10)14-3-4-20-6-9(14)11(17)13-2/h5,7,9,16H,3-4,6H2,1-2H3,(H,13,17)/t7-,9?/m1/s1. The van der Waals surface area contributed by atoms with Gasteiger partial charge in [-0.15, -0.1) is 11.3 Å². The number of morpholine rings is 1. The quantitative estimate of drug-likeness (QED) is 0.625. The van der Waals surface area contributed by atoms with Gasteiger partial charge in [0, 0.05) is 24.5 Å². The van der Waals surface area contributed by atoms with Gasteiger partial charge in [-0.1, -0.05) is 0 Å². The lowest BCUT2D eigenvalue weighted by atomic mass is 10.2. The van der Waals surface area contributed by atoms with Crippen LogP contribution in [0, 0.1) is 10.1 Å². The first-order valence-electron chi connectivity index (χ1n) is 6.48. The Morgan fingerprint density at radius 3 is 3.00 bits per heavy atom. The number of nitrogens with zero attached hydrogens (tertiary/aromatic N) is 2. The van der Waals surface area contributed by atoms with Crippen molar-refractivity contribution in [3.63, 3.8) is 0 Å². The van der Waals surface area contributed by atoms with E-state index >= 15 is 0 Å². The number of thiophene rings is 1. The molecule has 1 fully saturated rings. The van der Waals surface area contributed by atoms with E-state index in [1.165, 1.54) is 13.1 Å². The topological polar surface area (TPSA) is 105 Å². The number of amides is 1. The summed E-state index contributed by atoms with van der Waals surface area (Å²) in [6.07, 6.45) is -0.790. The fourth-order valence-electron chi connectivity index (χ4n) is 2.16. The highest BCUT2D eigenvalue weighted by Crippen LogP contribution is 2.41. The van der Waals surface area contributed by atoms with Gasteiger partial charge in [-0.2, -0.15) is 0 Å². The van der Waals surface area contributed by atoms with Crippen molar-refractivity contribution >= 4 is 27.9 Å². The van der Waals surface area contributed by atoms with Crippen LogP contribution in [0.25, 0.3) is 0 Å². The molecule has 8 nitrogen and oxygen atoms in total. The molecular weight excluding hydrogens is 298 g/mol. The SMILES string of the molecule is CNC(=O)C1COCCN1c1sc([C@@H](C)O)cc1[N+](=O)[O-]. The molecule has 1 aromatic heterocycles. The van der Waals surface area contributed by atoms with Crippen LogP contribution >= 0.6 is 11.3 Å². The number of carbonyl (C=O) groups is 1. The molecule has 0 aliphatic carbocycles. The van der Waals surface area contributed by atoms with Gasteiger partial charge in [0.05, 0.1) is 24.2 Å². The fourth-order valence-corrected chi connectivity index (χ4v) is 3.30. The number of aliphatic hydroxyl groups excluding tert-OH is 1. The second kappa shape index (κ2) is 6.37. The first-order chi connectivity index (χ1) is 9.95. The van der Waals surface area contributed by atoms with E-state index < -0.39 is 17.1 Å². The molecule has 2 N–H and O–H groups in total. The molecule has 1 aliphatic heterocycles. The number of aliphatic hydroxyl groups is 1. The van der Waals surface area contributed by atoms with Crippen molar-refractivity contribution in [3.8, 4) is 0 Å². The second-order valence-corrected chi connectivity index (χ2v) is 5.73. The Morgan fingerprint density at radius 1 is 1.71 bits per heavy atom. The molecule has 1 amide bonds. The highest BCUT2D eigenvalue weighted by atomic mass is 32.1. The van der Waals surface area contributed by atoms with Crippen LogP contribution in [-0.4, -0.2) is 48.8 Å². The number of carbonyl (C=O) groups excluding carboxylic acids is 1. The first-order valence-corrected chi connectivity index (χ1v) is 7.29. The molecule has 0 saturated carbocycles. The van der Waals surface area contributed by atoms with Crippen molar-refractivity contribution in [2.45, 2.75) is 19.1 Å². The predicted molar refractivity (Wildman–Crippen MR) is 77.6 cm³/mol. The lowest BCUT2D eigenvalue weighted by Crippen LogP contribution is -2.53. The molecule has 0 spiro atoms. The highest BCUT2D eigenvalue weighted by Gasteiger charge is 2.35. The Morgan fingerprint density at radius 2 is 2.43 bits per heavy atom. The minimum atomic E-state index is -0.790. The maximum atomic E-state index is 11.9. The summed E-state index contributed by atoms with van der Waals surface area (Å²) in [5.41, 5.74) is -0.0910. The average molecular weight is 315 g/mol. The van der Waals surface area contributed by atoms with Crippen LogP contribution in [0.4, 0.5) is 10.7 Å². The Labute approximate surface area is 125 Å². The monoisotopic (exact) mass is 315 g/mol. The molecule has 1 aromatic rings. The maximum absolute atomic E-state index is 11.9. The van der Waals surface area contributed by atoms with E-state index in [4.69, 9.17) is 4.74 Å². The highest BCUT2D eigenvalue weighted by molar-refractivity contribution is 7.16. The molecule has 0 radical (unpaired) electrons. The Kier molecular flexibility index (Phi) is 4.76. The molecule has 116 valence electrons. The van der Waals surface area contributed by atoms with E-state index in [9.17, 15) is 20.0 Å². The lowest BCUT2D eigenvalue weighted by Gasteiger charge is -2.34. The lowest BCUT2D eigenvalue weighted by molar-refractivity contribution is -0.383. The van der Waals surface area contributed by atoms with E-state index in [1.807, 2.05) is 0 Å². The fraction of sp³-hybridized carbons (Fsp3) is 0.583. The third kappa shape index (κ3) is 3.14. The van der Waals surface area contributed by atoms with Gasteiger partial charge < -0.3 is 20.1 Å². The smallest absolute Gasteiger partial charge is 0.304 e. The van der Waals surface area contributed by atoms with E-state index in [2.05, 4.69) is 5.32 Å². The van der Waals surface area contributed by atoms with Gasteiger partial charge in [0.2, 0.25) is 5.91 Å². The minimum Gasteiger partial charge on any atom is -0.388 e. The van der Waals surface area contributed by atoms with Crippen LogP contribution in [0.5, 0.6) is 0 Å². The van der Waals surface area contributed by atoms with Crippen LogP contribution in [0.15, 0.2) is 6.07 Å². The molecule has 1 aliphatic rings. The first kappa shape index (κ1) is 15.7. The number of hydrogen-bond acceptors (Lipinski definition) is 7. The molecule has 21 heavy (non-hydrogen) atoms. The van der Waals surface area contributed by atoms with Crippen LogP contribution < -0.4 is 10.2 Å². The van der Waals surface area contributed by atoms with Gasteiger partial charge in [0.25, 0.3) is 0 Å². The van der Waals surface area contributed by atoms with E-state index in [1.54, 1.807) is 11.8 Å². The van der Waals surface area contributed by atoms with E-state index in [0.29, 0.717) is 23.0 Å². The van der Waals surface area contributed by atoms with Crippen molar-refractivity contribution in [3.05, 3.63) is 21.1 Å². The molecule has 9 heteroatoms. The number of nitrogens with one attached hydrogen (secondary N) is 1. The third-order valence-electron chi connectivity index (χ3n) is 3.26. The van der Waals surface area contributed by atoms with Crippen LogP contribution in [0.2, 0.25) is 0 Å². The largest absolute Gasteiger partial charge is 0.388 e. The van der Waals surface area contributed by atoms with Crippen LogP contribution in [0.3, 0.4) is 0 Å². The molecule has 1 saturated heterocycles. The molecular formula is C12H17N3O5S. The summed E-state index contributed by atoms with van der Waals surface area (Å²) >= 11 is 1.13. The minimum absolute atomic E-state index is 0.0910. The molecule has 0 aromatic carbocycles. The molecule has 2 heterocycles. The number of hydrogen-bond donors (Lipinski definition) is 2. The van der Waals surface area contributed by atoms with Crippen LogP contribution in [-0.2, 0) is 9.53 Å². The number of likely N-dealkylation sites (N-methyl/N-ethyl adjacent to an activating group) is 1. The Hall–Kier alpha value is -1.71. The third-order valence-corrected chi connectivity index (χ3v) is 4.59. The van der Waals surface area contributed by atoms with Gasteiger partial charge in [-0.05, 0) is 6.92 Å². The normalized spacial score (nSPS) is 20.1. The molecule has 1 unspecified atom stereocenters. The molecule has 2 rings (SSSR count). The van der Waals surface area contributed by atoms with Gasteiger partial charge >= 0.3 is 5.69 Å². The summed E-state index contributed by atoms with van der Waals surface area (Å²) in [6, 6.07) is 0.754.